The van der Waals surface area contributed by atoms with Gasteiger partial charge in [0.05, 0.1) is 29.4 Å². The highest BCUT2D eigenvalue weighted by Gasteiger charge is 2.20. The molecule has 1 saturated heterocycles. The van der Waals surface area contributed by atoms with Crippen molar-refractivity contribution in [2.75, 3.05) is 31.5 Å². The summed E-state index contributed by atoms with van der Waals surface area (Å²) in [5, 5.41) is 11.0. The predicted molar refractivity (Wildman–Crippen MR) is 151 cm³/mol. The SMILES string of the molecule is Cc1c(Oc2ccnc3ccc(C(=O)N4CCNCC4)cc23)ccc(CC(=O)Nc2cnn(C(C)(C)C)c2)c1F. The number of hydrogen-bond acceptors (Lipinski definition) is 6. The van der Waals surface area contributed by atoms with Gasteiger partial charge in [0, 0.05) is 55.1 Å². The van der Waals surface area contributed by atoms with E-state index >= 15 is 4.39 Å². The van der Waals surface area contributed by atoms with E-state index in [2.05, 4.69) is 20.7 Å². The fourth-order valence-electron chi connectivity index (χ4n) is 4.61. The maximum atomic E-state index is 15.4. The van der Waals surface area contributed by atoms with Crippen LogP contribution in [0, 0.1) is 12.7 Å². The maximum absolute atomic E-state index is 15.4. The van der Waals surface area contributed by atoms with Crippen LogP contribution in [0.15, 0.2) is 55.0 Å². The van der Waals surface area contributed by atoms with Gasteiger partial charge in [-0.15, -0.1) is 0 Å². The highest BCUT2D eigenvalue weighted by atomic mass is 19.1. The molecule has 1 aliphatic heterocycles. The van der Waals surface area contributed by atoms with E-state index in [9.17, 15) is 9.59 Å². The Balaban J connectivity index is 1.33. The van der Waals surface area contributed by atoms with Crippen molar-refractivity contribution in [3.63, 3.8) is 0 Å². The lowest BCUT2D eigenvalue weighted by Gasteiger charge is -2.27. The van der Waals surface area contributed by atoms with Crippen molar-refractivity contribution in [1.82, 2.24) is 25.0 Å². The van der Waals surface area contributed by atoms with Crippen molar-refractivity contribution in [3.05, 3.63) is 77.5 Å². The fraction of sp³-hybridized carbons (Fsp3) is 0.333. The van der Waals surface area contributed by atoms with E-state index in [0.717, 1.165) is 13.1 Å². The van der Waals surface area contributed by atoms with Crippen LogP contribution in [0.2, 0.25) is 0 Å². The standard InChI is InChI=1S/C30H33FN6O3/c1-19-25(8-6-20(28(19)31)16-27(38)35-22-17-34-37(18-22)30(2,3)4)40-26-9-10-33-24-7-5-21(15-23(24)26)29(39)36-13-11-32-12-14-36/h5-10,15,17-18,32H,11-14,16H2,1-4H3,(H,35,38). The second kappa shape index (κ2) is 11.1. The Bertz CT molecular complexity index is 1570. The third-order valence-electron chi connectivity index (χ3n) is 6.89. The number of piperazine rings is 1. The molecule has 3 heterocycles. The monoisotopic (exact) mass is 544 g/mol. The lowest BCUT2D eigenvalue weighted by molar-refractivity contribution is -0.115. The van der Waals surface area contributed by atoms with E-state index < -0.39 is 5.82 Å². The van der Waals surface area contributed by atoms with Crippen LogP contribution in [0.25, 0.3) is 10.9 Å². The van der Waals surface area contributed by atoms with Gasteiger partial charge in [0.2, 0.25) is 5.91 Å². The molecule has 0 atom stereocenters. The molecule has 2 amide bonds. The van der Waals surface area contributed by atoms with Crippen LogP contribution in [0.1, 0.15) is 42.3 Å². The van der Waals surface area contributed by atoms with E-state index in [-0.39, 0.29) is 34.9 Å². The summed E-state index contributed by atoms with van der Waals surface area (Å²) >= 11 is 0. The number of rotatable bonds is 6. The number of nitrogens with one attached hydrogen (secondary N) is 2. The number of amides is 2. The largest absolute Gasteiger partial charge is 0.456 e. The van der Waals surface area contributed by atoms with Gasteiger partial charge in [-0.3, -0.25) is 19.3 Å². The summed E-state index contributed by atoms with van der Waals surface area (Å²) in [6, 6.07) is 10.2. The zero-order chi connectivity index (χ0) is 28.4. The first kappa shape index (κ1) is 27.3. The fourth-order valence-corrected chi connectivity index (χ4v) is 4.61. The van der Waals surface area contributed by atoms with Crippen molar-refractivity contribution >= 4 is 28.4 Å². The molecular formula is C30H33FN6O3. The number of benzene rings is 2. The summed E-state index contributed by atoms with van der Waals surface area (Å²) in [5.41, 5.74) is 2.08. The van der Waals surface area contributed by atoms with Gasteiger partial charge in [0.15, 0.2) is 0 Å². The van der Waals surface area contributed by atoms with Gasteiger partial charge in [-0.05, 0) is 63.6 Å². The average molecular weight is 545 g/mol. The zero-order valence-electron chi connectivity index (χ0n) is 23.1. The number of ether oxygens (including phenoxy) is 1. The number of pyridine rings is 1. The zero-order valence-corrected chi connectivity index (χ0v) is 23.1. The minimum absolute atomic E-state index is 0.0474. The van der Waals surface area contributed by atoms with Crippen LogP contribution in [-0.2, 0) is 16.8 Å². The van der Waals surface area contributed by atoms with Crippen molar-refractivity contribution in [3.8, 4) is 11.5 Å². The predicted octanol–water partition coefficient (Wildman–Crippen LogP) is 4.65. The molecule has 0 bridgehead atoms. The number of hydrogen-bond donors (Lipinski definition) is 2. The summed E-state index contributed by atoms with van der Waals surface area (Å²) in [7, 11) is 0. The van der Waals surface area contributed by atoms with Crippen LogP contribution in [0.5, 0.6) is 11.5 Å². The summed E-state index contributed by atoms with van der Waals surface area (Å²) in [6.07, 6.45) is 4.80. The first-order valence-electron chi connectivity index (χ1n) is 13.3. The minimum Gasteiger partial charge on any atom is -0.456 e. The molecule has 40 heavy (non-hydrogen) atoms. The van der Waals surface area contributed by atoms with Crippen molar-refractivity contribution < 1.29 is 18.7 Å². The Labute approximate surface area is 232 Å². The Morgan fingerprint density at radius 2 is 1.88 bits per heavy atom. The molecule has 0 spiro atoms. The second-order valence-corrected chi connectivity index (χ2v) is 10.9. The van der Waals surface area contributed by atoms with E-state index in [1.807, 2.05) is 25.7 Å². The van der Waals surface area contributed by atoms with Crippen LogP contribution in [0.4, 0.5) is 10.1 Å². The van der Waals surface area contributed by atoms with Crippen LogP contribution < -0.4 is 15.4 Å². The molecule has 2 aromatic carbocycles. The minimum atomic E-state index is -0.508. The van der Waals surface area contributed by atoms with Gasteiger partial charge in [-0.2, -0.15) is 5.10 Å². The van der Waals surface area contributed by atoms with Crippen molar-refractivity contribution in [2.24, 2.45) is 0 Å². The number of carbonyl (C=O) groups excluding carboxylic acids is 2. The number of anilines is 1. The molecule has 5 rings (SSSR count). The molecule has 0 unspecified atom stereocenters. The van der Waals surface area contributed by atoms with Gasteiger partial charge in [0.25, 0.3) is 5.91 Å². The number of fused-ring (bicyclic) bond motifs is 1. The van der Waals surface area contributed by atoms with Crippen LogP contribution >= 0.6 is 0 Å². The lowest BCUT2D eigenvalue weighted by Crippen LogP contribution is -2.46. The number of nitrogens with zero attached hydrogens (tertiary/aromatic N) is 4. The number of carbonyl (C=O) groups is 2. The lowest BCUT2D eigenvalue weighted by atomic mass is 10.1. The quantitative estimate of drug-likeness (QED) is 0.366. The molecule has 10 heteroatoms. The summed E-state index contributed by atoms with van der Waals surface area (Å²) in [5.74, 6) is -0.120. The second-order valence-electron chi connectivity index (χ2n) is 10.9. The van der Waals surface area contributed by atoms with Gasteiger partial charge in [-0.1, -0.05) is 6.07 Å². The molecular weight excluding hydrogens is 511 g/mol. The van der Waals surface area contributed by atoms with E-state index in [1.54, 1.807) is 66.6 Å². The molecule has 4 aromatic rings. The first-order valence-corrected chi connectivity index (χ1v) is 13.3. The first-order chi connectivity index (χ1) is 19.1. The molecule has 9 nitrogen and oxygen atoms in total. The molecule has 1 fully saturated rings. The summed E-state index contributed by atoms with van der Waals surface area (Å²) in [4.78, 5) is 31.9. The van der Waals surface area contributed by atoms with E-state index in [1.165, 1.54) is 0 Å². The maximum Gasteiger partial charge on any atom is 0.253 e. The molecule has 0 aliphatic carbocycles. The van der Waals surface area contributed by atoms with Crippen molar-refractivity contribution in [2.45, 2.75) is 39.7 Å². The van der Waals surface area contributed by atoms with Crippen molar-refractivity contribution in [1.29, 1.82) is 0 Å². The van der Waals surface area contributed by atoms with Crippen LogP contribution in [-0.4, -0.2) is 57.7 Å². The van der Waals surface area contributed by atoms with Gasteiger partial charge >= 0.3 is 0 Å². The topological polar surface area (TPSA) is 101 Å². The molecule has 2 N–H and O–H groups in total. The number of aromatic nitrogens is 3. The van der Waals surface area contributed by atoms with E-state index in [4.69, 9.17) is 4.74 Å². The molecule has 2 aromatic heterocycles. The highest BCUT2D eigenvalue weighted by molar-refractivity contribution is 5.99. The van der Waals surface area contributed by atoms with Gasteiger partial charge in [-0.25, -0.2) is 4.39 Å². The normalized spacial score (nSPS) is 13.9. The van der Waals surface area contributed by atoms with Gasteiger partial charge in [0.1, 0.15) is 17.3 Å². The Morgan fingerprint density at radius 3 is 2.60 bits per heavy atom. The summed E-state index contributed by atoms with van der Waals surface area (Å²) < 4.78 is 23.3. The molecule has 0 radical (unpaired) electrons. The molecule has 208 valence electrons. The van der Waals surface area contributed by atoms with E-state index in [0.29, 0.717) is 46.7 Å². The Hall–Kier alpha value is -4.31. The number of halogens is 1. The third kappa shape index (κ3) is 5.81. The summed E-state index contributed by atoms with van der Waals surface area (Å²) in [6.45, 7) is 10.5. The Kier molecular flexibility index (Phi) is 7.53. The Morgan fingerprint density at radius 1 is 1.10 bits per heavy atom. The third-order valence-corrected chi connectivity index (χ3v) is 6.89. The van der Waals surface area contributed by atoms with Crippen LogP contribution in [0.3, 0.4) is 0 Å². The van der Waals surface area contributed by atoms with Gasteiger partial charge < -0.3 is 20.3 Å². The smallest absolute Gasteiger partial charge is 0.253 e. The highest BCUT2D eigenvalue weighted by Crippen LogP contribution is 2.33. The molecule has 1 aliphatic rings. The molecule has 0 saturated carbocycles. The average Bonchev–Trinajstić information content (AvgIpc) is 3.42.